The molecule has 0 aromatic rings. The third-order valence-electron chi connectivity index (χ3n) is 2.84. The molecule has 7 nitrogen and oxygen atoms in total. The second-order valence-corrected chi connectivity index (χ2v) is 5.21. The Morgan fingerprint density at radius 2 is 1.62 bits per heavy atom. The molecule has 0 saturated carbocycles. The summed E-state index contributed by atoms with van der Waals surface area (Å²) in [6, 6.07) is 0. The second kappa shape index (κ2) is 8.18. The first-order valence-electron chi connectivity index (χ1n) is 6.97. The highest BCUT2D eigenvalue weighted by Crippen LogP contribution is 2.03. The summed E-state index contributed by atoms with van der Waals surface area (Å²) in [6.07, 6.45) is 2.60. The molecule has 21 heavy (non-hydrogen) atoms. The molecule has 0 aromatic heterocycles. The molecule has 7 heteroatoms. The summed E-state index contributed by atoms with van der Waals surface area (Å²) in [5, 5.41) is 5.33. The summed E-state index contributed by atoms with van der Waals surface area (Å²) in [5.41, 5.74) is 0. The lowest BCUT2D eigenvalue weighted by atomic mass is 10.2. The molecule has 0 atom stereocenters. The van der Waals surface area contributed by atoms with Crippen molar-refractivity contribution in [3.05, 3.63) is 12.2 Å². The number of nitrogens with zero attached hydrogens (tertiary/aromatic N) is 1. The van der Waals surface area contributed by atoms with Crippen LogP contribution in [0.4, 0.5) is 0 Å². The van der Waals surface area contributed by atoms with Crippen LogP contribution in [-0.4, -0.2) is 48.2 Å². The maximum atomic E-state index is 11.5. The predicted molar refractivity (Wildman–Crippen MR) is 76.0 cm³/mol. The second-order valence-electron chi connectivity index (χ2n) is 5.21. The number of imide groups is 1. The Bertz CT molecular complexity index is 439. The summed E-state index contributed by atoms with van der Waals surface area (Å²) in [7, 11) is 0. The number of carbonyl (C=O) groups excluding carboxylic acids is 4. The van der Waals surface area contributed by atoms with Gasteiger partial charge in [-0.1, -0.05) is 13.8 Å². The van der Waals surface area contributed by atoms with Crippen molar-refractivity contribution in [2.24, 2.45) is 5.92 Å². The standard InChI is InChI=1S/C14H21N3O4/c1-10(2)9-16-11(18)5-7-15-12(19)6-8-17-13(20)3-4-14(17)21/h3-4,10H,5-9H2,1-2H3,(H,15,19)(H,16,18). The van der Waals surface area contributed by atoms with Crippen LogP contribution in [0.3, 0.4) is 0 Å². The van der Waals surface area contributed by atoms with Gasteiger partial charge in [-0.15, -0.1) is 0 Å². The number of nitrogens with one attached hydrogen (secondary N) is 2. The molecule has 0 bridgehead atoms. The van der Waals surface area contributed by atoms with E-state index >= 15 is 0 Å². The molecule has 1 rings (SSSR count). The topological polar surface area (TPSA) is 95.6 Å². The van der Waals surface area contributed by atoms with Crippen LogP contribution in [-0.2, 0) is 19.2 Å². The highest BCUT2D eigenvalue weighted by molar-refractivity contribution is 6.13. The summed E-state index contributed by atoms with van der Waals surface area (Å²) in [5.74, 6) is -0.827. The molecule has 0 aromatic carbocycles. The lowest BCUT2D eigenvalue weighted by Crippen LogP contribution is -2.36. The first kappa shape index (κ1) is 16.9. The van der Waals surface area contributed by atoms with Crippen molar-refractivity contribution in [3.63, 3.8) is 0 Å². The lowest BCUT2D eigenvalue weighted by Gasteiger charge is -2.13. The summed E-state index contributed by atoms with van der Waals surface area (Å²) >= 11 is 0. The van der Waals surface area contributed by atoms with Gasteiger partial charge in [0.2, 0.25) is 11.8 Å². The third kappa shape index (κ3) is 6.20. The van der Waals surface area contributed by atoms with Crippen LogP contribution in [0.15, 0.2) is 12.2 Å². The van der Waals surface area contributed by atoms with Crippen molar-refractivity contribution in [3.8, 4) is 0 Å². The van der Waals surface area contributed by atoms with Crippen LogP contribution in [0.5, 0.6) is 0 Å². The summed E-state index contributed by atoms with van der Waals surface area (Å²) in [6.45, 7) is 4.90. The van der Waals surface area contributed by atoms with Gasteiger partial charge in [0.15, 0.2) is 0 Å². The van der Waals surface area contributed by atoms with Gasteiger partial charge in [-0.2, -0.15) is 0 Å². The molecule has 0 spiro atoms. The van der Waals surface area contributed by atoms with E-state index < -0.39 is 11.8 Å². The van der Waals surface area contributed by atoms with Crippen LogP contribution in [0.2, 0.25) is 0 Å². The lowest BCUT2D eigenvalue weighted by molar-refractivity contribution is -0.137. The zero-order valence-corrected chi connectivity index (χ0v) is 12.3. The van der Waals surface area contributed by atoms with E-state index in [1.165, 1.54) is 12.2 Å². The Morgan fingerprint density at radius 1 is 1.05 bits per heavy atom. The Hall–Kier alpha value is -2.18. The van der Waals surface area contributed by atoms with Gasteiger partial charge in [-0.3, -0.25) is 24.1 Å². The highest BCUT2D eigenvalue weighted by atomic mass is 16.2. The van der Waals surface area contributed by atoms with Crippen molar-refractivity contribution >= 4 is 23.6 Å². The van der Waals surface area contributed by atoms with Crippen LogP contribution in [0.25, 0.3) is 0 Å². The Morgan fingerprint density at radius 3 is 2.19 bits per heavy atom. The molecule has 0 fully saturated rings. The van der Waals surface area contributed by atoms with Crippen LogP contribution in [0.1, 0.15) is 26.7 Å². The zero-order chi connectivity index (χ0) is 15.8. The van der Waals surface area contributed by atoms with E-state index in [-0.39, 0.29) is 37.7 Å². The molecule has 0 aliphatic carbocycles. The molecule has 116 valence electrons. The quantitative estimate of drug-likeness (QED) is 0.595. The van der Waals surface area contributed by atoms with Crippen molar-refractivity contribution in [1.82, 2.24) is 15.5 Å². The number of hydrogen-bond donors (Lipinski definition) is 2. The minimum atomic E-state index is -0.402. The average molecular weight is 295 g/mol. The fourth-order valence-corrected chi connectivity index (χ4v) is 1.68. The van der Waals surface area contributed by atoms with Crippen molar-refractivity contribution in [2.75, 3.05) is 19.6 Å². The minimum absolute atomic E-state index is 0.0345. The van der Waals surface area contributed by atoms with Crippen LogP contribution < -0.4 is 10.6 Å². The van der Waals surface area contributed by atoms with E-state index in [0.717, 1.165) is 4.90 Å². The third-order valence-corrected chi connectivity index (χ3v) is 2.84. The van der Waals surface area contributed by atoms with E-state index in [2.05, 4.69) is 10.6 Å². The van der Waals surface area contributed by atoms with Gasteiger partial charge >= 0.3 is 0 Å². The summed E-state index contributed by atoms with van der Waals surface area (Å²) < 4.78 is 0. The minimum Gasteiger partial charge on any atom is -0.356 e. The number of hydrogen-bond acceptors (Lipinski definition) is 4. The Balaban J connectivity index is 2.13. The first-order valence-corrected chi connectivity index (χ1v) is 6.97. The maximum Gasteiger partial charge on any atom is 0.253 e. The van der Waals surface area contributed by atoms with Gasteiger partial charge < -0.3 is 10.6 Å². The van der Waals surface area contributed by atoms with Gasteiger partial charge in [0.05, 0.1) is 0 Å². The molecule has 2 N–H and O–H groups in total. The fraction of sp³-hybridized carbons (Fsp3) is 0.571. The molecular formula is C14H21N3O4. The predicted octanol–water partition coefficient (Wildman–Crippen LogP) is -0.420. The van der Waals surface area contributed by atoms with Crippen molar-refractivity contribution in [1.29, 1.82) is 0 Å². The highest BCUT2D eigenvalue weighted by Gasteiger charge is 2.23. The SMILES string of the molecule is CC(C)CNC(=O)CCNC(=O)CCN1C(=O)C=CC1=O. The molecule has 0 unspecified atom stereocenters. The van der Waals surface area contributed by atoms with E-state index in [1.54, 1.807) is 0 Å². The van der Waals surface area contributed by atoms with Crippen molar-refractivity contribution < 1.29 is 19.2 Å². The van der Waals surface area contributed by atoms with Crippen molar-refractivity contribution in [2.45, 2.75) is 26.7 Å². The Labute approximate surface area is 123 Å². The molecule has 0 saturated heterocycles. The zero-order valence-electron chi connectivity index (χ0n) is 12.3. The van der Waals surface area contributed by atoms with E-state index in [9.17, 15) is 19.2 Å². The van der Waals surface area contributed by atoms with Gasteiger partial charge in [-0.05, 0) is 5.92 Å². The Kier molecular flexibility index (Phi) is 6.58. The van der Waals surface area contributed by atoms with Gasteiger partial charge in [0, 0.05) is 44.6 Å². The smallest absolute Gasteiger partial charge is 0.253 e. The number of amides is 4. The summed E-state index contributed by atoms with van der Waals surface area (Å²) in [4.78, 5) is 46.5. The number of rotatable bonds is 8. The van der Waals surface area contributed by atoms with Gasteiger partial charge in [0.25, 0.3) is 11.8 Å². The van der Waals surface area contributed by atoms with Gasteiger partial charge in [-0.25, -0.2) is 0 Å². The molecule has 0 radical (unpaired) electrons. The molecular weight excluding hydrogens is 274 g/mol. The van der Waals surface area contributed by atoms with Gasteiger partial charge in [0.1, 0.15) is 0 Å². The molecule has 1 aliphatic rings. The van der Waals surface area contributed by atoms with Crippen LogP contribution >= 0.6 is 0 Å². The molecule has 4 amide bonds. The monoisotopic (exact) mass is 295 g/mol. The number of carbonyl (C=O) groups is 4. The van der Waals surface area contributed by atoms with E-state index in [1.807, 2.05) is 13.8 Å². The maximum absolute atomic E-state index is 11.5. The average Bonchev–Trinajstić information content (AvgIpc) is 2.73. The van der Waals surface area contributed by atoms with E-state index in [4.69, 9.17) is 0 Å². The largest absolute Gasteiger partial charge is 0.356 e. The normalized spacial score (nSPS) is 14.0. The fourth-order valence-electron chi connectivity index (χ4n) is 1.68. The molecule has 1 heterocycles. The molecule has 1 aliphatic heterocycles. The van der Waals surface area contributed by atoms with E-state index in [0.29, 0.717) is 12.5 Å². The first-order chi connectivity index (χ1) is 9.90. The van der Waals surface area contributed by atoms with Crippen LogP contribution in [0, 0.1) is 5.92 Å².